The molecule has 0 aliphatic heterocycles. The molecular weight excluding hydrogens is 364 g/mol. The summed E-state index contributed by atoms with van der Waals surface area (Å²) in [7, 11) is 1.25. The summed E-state index contributed by atoms with van der Waals surface area (Å²) in [5.74, 6) is -1.85. The number of methoxy groups -OCH3 is 1. The van der Waals surface area contributed by atoms with Crippen molar-refractivity contribution in [1.29, 1.82) is 0 Å². The fourth-order valence-electron chi connectivity index (χ4n) is 2.51. The van der Waals surface area contributed by atoms with Crippen LogP contribution in [0.3, 0.4) is 0 Å². The highest BCUT2D eigenvalue weighted by Crippen LogP contribution is 2.30. The standard InChI is InChI=1S/C20H26N2O6/c1-4-12(2)17(20(26)27-3)22-16(23)11-28-19(25)14-7-9-15(10-8-14)21-18(24)13-5-6-13/h7-10,12-13,17H,4-6,11H2,1-3H3,(H,21,24)(H,22,23). The van der Waals surface area contributed by atoms with Crippen molar-refractivity contribution in [1.82, 2.24) is 5.32 Å². The van der Waals surface area contributed by atoms with E-state index in [2.05, 4.69) is 10.6 Å². The zero-order chi connectivity index (χ0) is 20.7. The molecule has 0 heterocycles. The molecule has 1 saturated carbocycles. The van der Waals surface area contributed by atoms with E-state index in [9.17, 15) is 19.2 Å². The lowest BCUT2D eigenvalue weighted by molar-refractivity contribution is -0.147. The quantitative estimate of drug-likeness (QED) is 0.623. The molecule has 0 spiro atoms. The predicted molar refractivity (Wildman–Crippen MR) is 101 cm³/mol. The van der Waals surface area contributed by atoms with Crippen molar-refractivity contribution >= 4 is 29.4 Å². The van der Waals surface area contributed by atoms with Crippen LogP contribution in [0.4, 0.5) is 5.69 Å². The molecule has 0 bridgehead atoms. The first-order chi connectivity index (χ1) is 13.3. The summed E-state index contributed by atoms with van der Waals surface area (Å²) in [6, 6.07) is 5.44. The molecule has 2 atom stereocenters. The van der Waals surface area contributed by atoms with Gasteiger partial charge in [-0.3, -0.25) is 9.59 Å². The van der Waals surface area contributed by atoms with Crippen molar-refractivity contribution < 1.29 is 28.7 Å². The number of rotatable bonds is 9. The molecule has 1 aliphatic rings. The van der Waals surface area contributed by atoms with Gasteiger partial charge in [-0.15, -0.1) is 0 Å². The third kappa shape index (κ3) is 6.07. The van der Waals surface area contributed by atoms with Crippen molar-refractivity contribution in [2.45, 2.75) is 39.2 Å². The number of nitrogens with one attached hydrogen (secondary N) is 2. The topological polar surface area (TPSA) is 111 Å². The highest BCUT2D eigenvalue weighted by Gasteiger charge is 2.29. The van der Waals surface area contributed by atoms with Gasteiger partial charge >= 0.3 is 11.9 Å². The zero-order valence-corrected chi connectivity index (χ0v) is 16.3. The molecule has 0 radical (unpaired) electrons. The molecule has 2 unspecified atom stereocenters. The Morgan fingerprint density at radius 2 is 1.79 bits per heavy atom. The summed E-state index contributed by atoms with van der Waals surface area (Å²) in [6.45, 7) is 3.20. The molecule has 2 rings (SSSR count). The fourth-order valence-corrected chi connectivity index (χ4v) is 2.51. The van der Waals surface area contributed by atoms with E-state index < -0.39 is 30.5 Å². The molecule has 1 fully saturated rings. The summed E-state index contributed by atoms with van der Waals surface area (Å²) in [4.78, 5) is 47.6. The number of amides is 2. The number of benzene rings is 1. The molecule has 1 aliphatic carbocycles. The maximum Gasteiger partial charge on any atom is 0.338 e. The predicted octanol–water partition coefficient (Wildman–Crippen LogP) is 1.90. The number of hydrogen-bond donors (Lipinski definition) is 2. The summed E-state index contributed by atoms with van der Waals surface area (Å²) < 4.78 is 9.69. The molecule has 28 heavy (non-hydrogen) atoms. The average molecular weight is 390 g/mol. The molecule has 8 nitrogen and oxygen atoms in total. The zero-order valence-electron chi connectivity index (χ0n) is 16.3. The lowest BCUT2D eigenvalue weighted by atomic mass is 9.99. The van der Waals surface area contributed by atoms with Gasteiger partial charge in [0.2, 0.25) is 5.91 Å². The second-order valence-corrected chi connectivity index (χ2v) is 6.87. The lowest BCUT2D eigenvalue weighted by Gasteiger charge is -2.21. The normalized spacial score (nSPS) is 15.1. The molecule has 2 amide bonds. The van der Waals surface area contributed by atoms with Crippen LogP contribution < -0.4 is 10.6 Å². The number of hydrogen-bond acceptors (Lipinski definition) is 6. The van der Waals surface area contributed by atoms with E-state index >= 15 is 0 Å². The Hall–Kier alpha value is -2.90. The van der Waals surface area contributed by atoms with Crippen LogP contribution in [0.15, 0.2) is 24.3 Å². The molecule has 0 saturated heterocycles. The molecule has 1 aromatic carbocycles. The van der Waals surface area contributed by atoms with Crippen LogP contribution in [0.1, 0.15) is 43.5 Å². The van der Waals surface area contributed by atoms with Gasteiger partial charge in [0, 0.05) is 11.6 Å². The van der Waals surface area contributed by atoms with Gasteiger partial charge in [-0.1, -0.05) is 20.3 Å². The monoisotopic (exact) mass is 390 g/mol. The largest absolute Gasteiger partial charge is 0.467 e. The fraction of sp³-hybridized carbons (Fsp3) is 0.500. The van der Waals surface area contributed by atoms with Gasteiger partial charge in [0.15, 0.2) is 6.61 Å². The number of esters is 2. The maximum atomic E-state index is 12.1. The first-order valence-corrected chi connectivity index (χ1v) is 9.31. The van der Waals surface area contributed by atoms with Crippen LogP contribution in [-0.2, 0) is 23.9 Å². The van der Waals surface area contributed by atoms with Crippen molar-refractivity contribution in [3.63, 3.8) is 0 Å². The van der Waals surface area contributed by atoms with E-state index in [0.29, 0.717) is 12.1 Å². The van der Waals surface area contributed by atoms with Crippen molar-refractivity contribution in [2.24, 2.45) is 11.8 Å². The Labute approximate surface area is 164 Å². The van der Waals surface area contributed by atoms with Crippen LogP contribution in [0.5, 0.6) is 0 Å². The van der Waals surface area contributed by atoms with Crippen LogP contribution in [0.2, 0.25) is 0 Å². The summed E-state index contributed by atoms with van der Waals surface area (Å²) in [5, 5.41) is 5.31. The smallest absolute Gasteiger partial charge is 0.338 e. The maximum absolute atomic E-state index is 12.1. The highest BCUT2D eigenvalue weighted by atomic mass is 16.5. The Bertz CT molecular complexity index is 727. The second-order valence-electron chi connectivity index (χ2n) is 6.87. The van der Waals surface area contributed by atoms with Gasteiger partial charge in [-0.25, -0.2) is 9.59 Å². The third-order valence-corrected chi connectivity index (χ3v) is 4.66. The van der Waals surface area contributed by atoms with Crippen molar-refractivity contribution in [3.8, 4) is 0 Å². The Balaban J connectivity index is 1.83. The molecule has 2 N–H and O–H groups in total. The summed E-state index contributed by atoms with van der Waals surface area (Å²) in [5.41, 5.74) is 0.851. The van der Waals surface area contributed by atoms with Gasteiger partial charge in [-0.2, -0.15) is 0 Å². The van der Waals surface area contributed by atoms with E-state index in [4.69, 9.17) is 9.47 Å². The van der Waals surface area contributed by atoms with E-state index in [1.54, 1.807) is 12.1 Å². The minimum absolute atomic E-state index is 0.0199. The number of ether oxygens (including phenoxy) is 2. The summed E-state index contributed by atoms with van der Waals surface area (Å²) >= 11 is 0. The Morgan fingerprint density at radius 1 is 1.14 bits per heavy atom. The molecule has 0 aromatic heterocycles. The second kappa shape index (κ2) is 9.87. The third-order valence-electron chi connectivity index (χ3n) is 4.66. The lowest BCUT2D eigenvalue weighted by Crippen LogP contribution is -2.47. The molecule has 152 valence electrons. The first-order valence-electron chi connectivity index (χ1n) is 9.31. The van der Waals surface area contributed by atoms with E-state index in [-0.39, 0.29) is 23.3 Å². The minimum atomic E-state index is -0.796. The van der Waals surface area contributed by atoms with Gasteiger partial charge in [0.05, 0.1) is 12.7 Å². The van der Waals surface area contributed by atoms with Crippen molar-refractivity contribution in [3.05, 3.63) is 29.8 Å². The Kier molecular flexibility index (Phi) is 7.54. The number of anilines is 1. The van der Waals surface area contributed by atoms with Gasteiger partial charge < -0.3 is 20.1 Å². The van der Waals surface area contributed by atoms with Gasteiger partial charge in [0.1, 0.15) is 6.04 Å². The van der Waals surface area contributed by atoms with E-state index in [1.165, 1.54) is 19.2 Å². The highest BCUT2D eigenvalue weighted by molar-refractivity contribution is 5.95. The molecule has 1 aromatic rings. The minimum Gasteiger partial charge on any atom is -0.467 e. The van der Waals surface area contributed by atoms with Crippen LogP contribution in [0.25, 0.3) is 0 Å². The van der Waals surface area contributed by atoms with Crippen LogP contribution in [0, 0.1) is 11.8 Å². The Morgan fingerprint density at radius 3 is 2.32 bits per heavy atom. The van der Waals surface area contributed by atoms with Gasteiger partial charge in [-0.05, 0) is 43.0 Å². The SMILES string of the molecule is CCC(C)C(NC(=O)COC(=O)c1ccc(NC(=O)C2CC2)cc1)C(=O)OC. The molecule has 8 heteroatoms. The average Bonchev–Trinajstić information content (AvgIpc) is 3.55. The van der Waals surface area contributed by atoms with Crippen LogP contribution in [-0.4, -0.2) is 43.5 Å². The summed E-state index contributed by atoms with van der Waals surface area (Å²) in [6.07, 6.45) is 2.49. The molecular formula is C20H26N2O6. The van der Waals surface area contributed by atoms with Crippen LogP contribution >= 0.6 is 0 Å². The number of carbonyl (C=O) groups excluding carboxylic acids is 4. The van der Waals surface area contributed by atoms with Crippen molar-refractivity contribution in [2.75, 3.05) is 19.0 Å². The number of carbonyl (C=O) groups is 4. The first kappa shape index (κ1) is 21.4. The van der Waals surface area contributed by atoms with Gasteiger partial charge in [0.25, 0.3) is 5.91 Å². The van der Waals surface area contributed by atoms with E-state index in [0.717, 1.165) is 12.8 Å². The van der Waals surface area contributed by atoms with E-state index in [1.807, 2.05) is 13.8 Å².